The van der Waals surface area contributed by atoms with E-state index < -0.39 is 10.0 Å². The van der Waals surface area contributed by atoms with Crippen LogP contribution in [0.1, 0.15) is 103 Å². The molecule has 2 aromatic carbocycles. The summed E-state index contributed by atoms with van der Waals surface area (Å²) in [6.45, 7) is 5.79. The number of benzene rings is 2. The Morgan fingerprint density at radius 1 is 0.736 bits per heavy atom. The van der Waals surface area contributed by atoms with Crippen molar-refractivity contribution < 1.29 is 24.0 Å². The molecule has 1 amide bonds. The molecule has 0 bridgehead atoms. The Labute approximate surface area is 327 Å². The molecule has 16 nitrogen and oxygen atoms in total. The lowest BCUT2D eigenvalue weighted by atomic mass is 10.1. The van der Waals surface area contributed by atoms with Crippen LogP contribution in [0.5, 0.6) is 5.75 Å². The van der Waals surface area contributed by atoms with E-state index >= 15 is 0 Å². The lowest BCUT2D eigenvalue weighted by Crippen LogP contribution is -2.34. The summed E-state index contributed by atoms with van der Waals surface area (Å²) in [5.41, 5.74) is 1.07. The molecule has 2 fully saturated rings. The number of hydrogen-bond acceptors (Lipinski definition) is 14. The van der Waals surface area contributed by atoms with Gasteiger partial charge in [-0.3, -0.25) is 9.52 Å². The van der Waals surface area contributed by atoms with Gasteiger partial charge >= 0.3 is 0 Å². The molecule has 0 saturated carbocycles. The summed E-state index contributed by atoms with van der Waals surface area (Å²) in [5.74, 6) is 1.31. The zero-order valence-electron chi connectivity index (χ0n) is 31.3. The number of halogens is 1. The van der Waals surface area contributed by atoms with E-state index in [2.05, 4.69) is 32.1 Å². The Morgan fingerprint density at radius 3 is 1.77 bits per heavy atom. The molecule has 2 saturated heterocycles. The molecule has 0 spiro atoms. The van der Waals surface area contributed by atoms with Crippen molar-refractivity contribution in [1.29, 1.82) is 0 Å². The van der Waals surface area contributed by atoms with Crippen molar-refractivity contribution in [2.75, 3.05) is 51.3 Å². The van der Waals surface area contributed by atoms with Crippen molar-refractivity contribution in [2.24, 2.45) is 0 Å². The second-order valence-corrected chi connectivity index (χ2v) is 14.4. The fourth-order valence-corrected chi connectivity index (χ4v) is 7.17. The number of phenolic OH excluding ortho intramolecular Hbond substituents is 1. The number of sulfonamides is 1. The maximum Gasteiger partial charge on any atom is 0.262 e. The first-order chi connectivity index (χ1) is 23.3. The minimum absolute atomic E-state index is 0. The van der Waals surface area contributed by atoms with Crippen molar-refractivity contribution in [3.05, 3.63) is 42.5 Å². The number of aromatic nitrogens is 3. The number of nitrogens with one attached hydrogen (secondary N) is 3. The van der Waals surface area contributed by atoms with Gasteiger partial charge in [-0.2, -0.15) is 15.0 Å². The summed E-state index contributed by atoms with van der Waals surface area (Å²) >= 11 is 0. The smallest absolute Gasteiger partial charge is 0.262 e. The molecule has 16 N–H and O–H groups in total. The maximum absolute atomic E-state index is 13.1. The van der Waals surface area contributed by atoms with Gasteiger partial charge in [-0.15, -0.1) is 12.4 Å². The average Bonchev–Trinajstić information content (AvgIpc) is 3.10. The number of aromatic hydroxyl groups is 1. The number of amides is 1. The van der Waals surface area contributed by atoms with Crippen molar-refractivity contribution in [2.45, 2.75) is 102 Å². The van der Waals surface area contributed by atoms with E-state index in [-0.39, 0.29) is 65.0 Å². The Kier molecular flexibility index (Phi) is 22.5. The zero-order chi connectivity index (χ0) is 33.8. The molecule has 308 valence electrons. The monoisotopic (exact) mass is 791 g/mol. The topological polar surface area (TPSA) is 293 Å². The third-order valence-corrected chi connectivity index (χ3v) is 10.2. The van der Waals surface area contributed by atoms with Gasteiger partial charge in [0, 0.05) is 55.7 Å². The average molecular weight is 792 g/mol. The lowest BCUT2D eigenvalue weighted by molar-refractivity contribution is -0.116. The SMILES string of the molecule is CCCCCCCCCC(=O)Nc1ccc(S(=O)(=O)Nc2ccc(Nc3nc(N4CCCCC4)nc(N4CCCCC4)n3)cc2O)cc1.Cl.N.N.N.N.[HH].[HH].[HH].[HH]. The highest BCUT2D eigenvalue weighted by atomic mass is 35.5. The molecule has 3 heterocycles. The lowest BCUT2D eigenvalue weighted by Gasteiger charge is -2.30. The molecule has 1 aromatic heterocycles. The number of anilines is 6. The summed E-state index contributed by atoms with van der Waals surface area (Å²) in [6, 6.07) is 10.6. The van der Waals surface area contributed by atoms with Crippen molar-refractivity contribution >= 4 is 63.2 Å². The maximum atomic E-state index is 13.1. The largest absolute Gasteiger partial charge is 0.506 e. The normalized spacial score (nSPS) is 13.8. The van der Waals surface area contributed by atoms with Crippen LogP contribution in [-0.4, -0.2) is 60.6 Å². The molecular weight excluding hydrogens is 720 g/mol. The Hall–Kier alpha value is -4.00. The number of carbonyl (C=O) groups excluding carboxylic acids is 1. The van der Waals surface area contributed by atoms with E-state index in [0.717, 1.165) is 71.1 Å². The predicted octanol–water partition coefficient (Wildman–Crippen LogP) is 9.24. The fourth-order valence-electron chi connectivity index (χ4n) is 6.09. The van der Waals surface area contributed by atoms with Crippen LogP contribution in [0.4, 0.5) is 34.9 Å². The van der Waals surface area contributed by atoms with Gasteiger partial charge in [0.25, 0.3) is 10.0 Å². The molecule has 2 aliphatic rings. The number of phenols is 1. The van der Waals surface area contributed by atoms with Gasteiger partial charge in [0.2, 0.25) is 23.8 Å². The standard InChI is InChI=1S/C35H50N8O4S.ClH.4H3N.4H2/c1-2-3-4-5-6-7-10-15-32(45)36-27-16-19-29(20-17-27)48(46,47)41-30-21-18-28(26-31(30)44)37-33-38-34(42-22-11-8-12-23-42)40-35(39-33)43-24-13-9-14-25-43;;;;;;;;;/h16-21,26,41,44H,2-15,22-25H2,1H3,(H,36,45)(H,37,38,39,40);1H;4*1H3;4*1H. The van der Waals surface area contributed by atoms with E-state index in [1.165, 1.54) is 62.8 Å². The Balaban J connectivity index is -0.00000100. The van der Waals surface area contributed by atoms with E-state index in [9.17, 15) is 18.3 Å². The predicted molar refractivity (Wildman–Crippen MR) is 228 cm³/mol. The number of unbranched alkanes of at least 4 members (excludes halogenated alkanes) is 6. The summed E-state index contributed by atoms with van der Waals surface area (Å²) in [6.07, 6.45) is 15.1. The molecule has 0 radical (unpaired) electrons. The molecule has 5 rings (SSSR count). The van der Waals surface area contributed by atoms with Gasteiger partial charge < -0.3 is 50.1 Å². The number of hydrogen-bond donors (Lipinski definition) is 8. The summed E-state index contributed by atoms with van der Waals surface area (Å²) in [5, 5.41) is 16.8. The van der Waals surface area contributed by atoms with Gasteiger partial charge in [0.15, 0.2) is 0 Å². The van der Waals surface area contributed by atoms with Crippen LogP contribution in [-0.2, 0) is 14.8 Å². The second kappa shape index (κ2) is 24.3. The highest BCUT2D eigenvalue weighted by Crippen LogP contribution is 2.31. The first-order valence-corrected chi connectivity index (χ1v) is 19.1. The highest BCUT2D eigenvalue weighted by molar-refractivity contribution is 7.92. The van der Waals surface area contributed by atoms with Gasteiger partial charge in [-0.25, -0.2) is 8.42 Å². The van der Waals surface area contributed by atoms with Crippen LogP contribution < -0.4 is 49.8 Å². The molecule has 3 aromatic rings. The first-order valence-electron chi connectivity index (χ1n) is 17.6. The van der Waals surface area contributed by atoms with Crippen LogP contribution in [0.25, 0.3) is 0 Å². The summed E-state index contributed by atoms with van der Waals surface area (Å²) in [4.78, 5) is 30.9. The van der Waals surface area contributed by atoms with Crippen molar-refractivity contribution in [3.63, 3.8) is 0 Å². The van der Waals surface area contributed by atoms with E-state index in [1.807, 2.05) is 0 Å². The molecular formula is C35H71ClN12O4S. The van der Waals surface area contributed by atoms with Gasteiger partial charge in [-0.1, -0.05) is 45.4 Å². The third-order valence-electron chi connectivity index (χ3n) is 8.84. The Morgan fingerprint density at radius 2 is 1.25 bits per heavy atom. The quantitative estimate of drug-likeness (QED) is 0.0495. The summed E-state index contributed by atoms with van der Waals surface area (Å²) in [7, 11) is -4.00. The van der Waals surface area contributed by atoms with Crippen LogP contribution in [0.2, 0.25) is 0 Å². The molecule has 18 heteroatoms. The minimum atomic E-state index is -4.00. The number of nitrogens with zero attached hydrogens (tertiary/aromatic N) is 5. The molecule has 2 aliphatic heterocycles. The zero-order valence-corrected chi connectivity index (χ0v) is 33.0. The number of rotatable bonds is 16. The van der Waals surface area contributed by atoms with Gasteiger partial charge in [-0.05, 0) is 81.3 Å². The first kappa shape index (κ1) is 49.0. The van der Waals surface area contributed by atoms with Gasteiger partial charge in [0.05, 0.1) is 10.6 Å². The van der Waals surface area contributed by atoms with Crippen LogP contribution in [0, 0.1) is 0 Å². The number of carbonyl (C=O) groups is 1. The second-order valence-electron chi connectivity index (χ2n) is 12.8. The molecule has 0 unspecified atom stereocenters. The summed E-state index contributed by atoms with van der Waals surface area (Å²) < 4.78 is 28.8. The highest BCUT2D eigenvalue weighted by Gasteiger charge is 2.21. The molecule has 53 heavy (non-hydrogen) atoms. The van der Waals surface area contributed by atoms with E-state index in [4.69, 9.17) is 15.0 Å². The van der Waals surface area contributed by atoms with E-state index in [0.29, 0.717) is 35.6 Å². The molecule has 0 aliphatic carbocycles. The Bertz CT molecular complexity index is 1590. The van der Waals surface area contributed by atoms with Crippen LogP contribution >= 0.6 is 12.4 Å². The molecule has 0 atom stereocenters. The van der Waals surface area contributed by atoms with E-state index in [1.54, 1.807) is 18.2 Å². The van der Waals surface area contributed by atoms with Crippen LogP contribution in [0.15, 0.2) is 47.4 Å². The fraction of sp³-hybridized carbons (Fsp3) is 0.543. The van der Waals surface area contributed by atoms with Gasteiger partial charge in [0.1, 0.15) is 5.75 Å². The number of piperidine rings is 2. The van der Waals surface area contributed by atoms with Crippen LogP contribution in [0.3, 0.4) is 0 Å². The van der Waals surface area contributed by atoms with Crippen molar-refractivity contribution in [3.8, 4) is 5.75 Å². The minimum Gasteiger partial charge on any atom is -0.506 e. The van der Waals surface area contributed by atoms with Crippen molar-refractivity contribution in [1.82, 2.24) is 39.6 Å². The third kappa shape index (κ3) is 14.7.